The number of ether oxygens (including phenoxy) is 1. The smallest absolute Gasteiger partial charge is 0.322 e. The van der Waals surface area contributed by atoms with E-state index < -0.39 is 60.1 Å². The molecular formula is C15H23N3O10S. The number of urea groups is 1. The van der Waals surface area contributed by atoms with Crippen LogP contribution in [0.5, 0.6) is 0 Å². The van der Waals surface area contributed by atoms with Crippen LogP contribution in [-0.2, 0) is 28.7 Å². The van der Waals surface area contributed by atoms with Gasteiger partial charge in [-0.25, -0.2) is 4.79 Å². The summed E-state index contributed by atoms with van der Waals surface area (Å²) in [5.74, 6) is -5.58. The highest BCUT2D eigenvalue weighted by Crippen LogP contribution is 2.18. The van der Waals surface area contributed by atoms with Crippen LogP contribution in [0.1, 0.15) is 19.3 Å². The number of thioether (sulfide) groups is 1. The van der Waals surface area contributed by atoms with Gasteiger partial charge in [0, 0.05) is 18.7 Å². The van der Waals surface area contributed by atoms with Crippen molar-refractivity contribution in [2.24, 2.45) is 0 Å². The fourth-order valence-corrected chi connectivity index (χ4v) is 2.98. The largest absolute Gasteiger partial charge is 0.481 e. The first-order chi connectivity index (χ1) is 13.6. The number of carbonyl (C=O) groups is 6. The van der Waals surface area contributed by atoms with E-state index in [1.165, 1.54) is 0 Å². The number of hydrogen-bond acceptors (Lipinski definition) is 8. The molecule has 0 heterocycles. The molecule has 3 amide bonds. The van der Waals surface area contributed by atoms with Gasteiger partial charge < -0.3 is 36.0 Å². The van der Waals surface area contributed by atoms with E-state index in [1.807, 2.05) is 0 Å². The lowest BCUT2D eigenvalue weighted by atomic mass is 10.3. The predicted molar refractivity (Wildman–Crippen MR) is 98.4 cm³/mol. The maximum Gasteiger partial charge on any atom is 0.322 e. The summed E-state index contributed by atoms with van der Waals surface area (Å²) in [4.78, 5) is 67.6. The molecule has 0 aromatic rings. The number of methoxy groups -OCH3 is 1. The number of rotatable bonds is 14. The normalized spacial score (nSPS) is 12.2. The molecule has 0 aliphatic heterocycles. The number of amides is 3. The summed E-state index contributed by atoms with van der Waals surface area (Å²) in [5.41, 5.74) is 0. The zero-order chi connectivity index (χ0) is 22.4. The topological polar surface area (TPSA) is 208 Å². The summed E-state index contributed by atoms with van der Waals surface area (Å²) in [6, 6.07) is -2.11. The van der Waals surface area contributed by atoms with Crippen LogP contribution < -0.4 is 16.0 Å². The lowest BCUT2D eigenvalue weighted by Crippen LogP contribution is -2.52. The van der Waals surface area contributed by atoms with Crippen molar-refractivity contribution >= 4 is 47.6 Å². The van der Waals surface area contributed by atoms with Gasteiger partial charge >= 0.3 is 29.9 Å². The highest BCUT2D eigenvalue weighted by atomic mass is 32.2. The monoisotopic (exact) mass is 437 g/mol. The van der Waals surface area contributed by atoms with Gasteiger partial charge in [-0.2, -0.15) is 0 Å². The highest BCUT2D eigenvalue weighted by Gasteiger charge is 2.28. The van der Waals surface area contributed by atoms with Crippen LogP contribution in [0, 0.1) is 0 Å². The maximum atomic E-state index is 12.1. The van der Waals surface area contributed by atoms with Gasteiger partial charge in [0.15, 0.2) is 0 Å². The van der Waals surface area contributed by atoms with E-state index in [0.717, 1.165) is 18.9 Å². The van der Waals surface area contributed by atoms with Crippen LogP contribution in [0.4, 0.5) is 4.79 Å². The van der Waals surface area contributed by atoms with Crippen LogP contribution in [0.25, 0.3) is 0 Å². The van der Waals surface area contributed by atoms with E-state index in [2.05, 4.69) is 20.7 Å². The van der Waals surface area contributed by atoms with E-state index >= 15 is 0 Å². The third-order valence-corrected chi connectivity index (χ3v) is 4.46. The molecule has 0 radical (unpaired) electrons. The zero-order valence-corrected chi connectivity index (χ0v) is 16.3. The van der Waals surface area contributed by atoms with Crippen LogP contribution in [0.2, 0.25) is 0 Å². The molecule has 0 saturated carbocycles. The highest BCUT2D eigenvalue weighted by molar-refractivity contribution is 8.00. The van der Waals surface area contributed by atoms with Crippen molar-refractivity contribution in [2.75, 3.05) is 26.0 Å². The van der Waals surface area contributed by atoms with Crippen molar-refractivity contribution in [3.63, 3.8) is 0 Å². The van der Waals surface area contributed by atoms with Gasteiger partial charge in [0.25, 0.3) is 0 Å². The molecule has 0 bridgehead atoms. The van der Waals surface area contributed by atoms with E-state index in [4.69, 9.17) is 15.3 Å². The Labute approximate surface area is 169 Å². The van der Waals surface area contributed by atoms with Gasteiger partial charge in [-0.3, -0.25) is 24.0 Å². The fraction of sp³-hybridized carbons (Fsp3) is 0.600. The second kappa shape index (κ2) is 14.0. The number of hydrogen-bond donors (Lipinski definition) is 6. The third kappa shape index (κ3) is 12.9. The van der Waals surface area contributed by atoms with E-state index in [0.29, 0.717) is 0 Å². The van der Waals surface area contributed by atoms with Crippen molar-refractivity contribution < 1.29 is 48.8 Å². The van der Waals surface area contributed by atoms with Crippen molar-refractivity contribution in [3.05, 3.63) is 0 Å². The number of carboxylic acids is 3. The minimum absolute atomic E-state index is 0.0124. The summed E-state index contributed by atoms with van der Waals surface area (Å²) < 4.78 is 4.50. The number of carboxylic acid groups (broad SMARTS) is 3. The Kier molecular flexibility index (Phi) is 12.6. The van der Waals surface area contributed by atoms with Crippen molar-refractivity contribution in [1.29, 1.82) is 0 Å². The molecule has 14 heteroatoms. The molecule has 2 atom stereocenters. The lowest BCUT2D eigenvalue weighted by molar-refractivity contribution is -0.144. The summed E-state index contributed by atoms with van der Waals surface area (Å²) in [6.45, 7) is -0.698. The number of carbonyl (C=O) groups excluding carboxylic acids is 3. The Morgan fingerprint density at radius 1 is 0.966 bits per heavy atom. The first-order valence-electron chi connectivity index (χ1n) is 8.23. The molecule has 13 nitrogen and oxygen atoms in total. The van der Waals surface area contributed by atoms with Crippen LogP contribution in [0.3, 0.4) is 0 Å². The SMILES string of the molecule is COC(=O)[C@@H](CC(=O)O)SC[C@H](NC(=O)NCCCC(=O)O)C(=O)NCC(=O)O. The van der Waals surface area contributed by atoms with Gasteiger partial charge in [-0.1, -0.05) is 0 Å². The molecule has 29 heavy (non-hydrogen) atoms. The van der Waals surface area contributed by atoms with Crippen LogP contribution in [-0.4, -0.2) is 88.4 Å². The number of esters is 1. The van der Waals surface area contributed by atoms with Gasteiger partial charge in [0.2, 0.25) is 5.91 Å². The summed E-state index contributed by atoms with van der Waals surface area (Å²) in [5, 5.41) is 31.6. The average Bonchev–Trinajstić information content (AvgIpc) is 2.64. The Morgan fingerprint density at radius 2 is 1.62 bits per heavy atom. The molecule has 0 aromatic heterocycles. The Morgan fingerprint density at radius 3 is 2.14 bits per heavy atom. The maximum absolute atomic E-state index is 12.1. The predicted octanol–water partition coefficient (Wildman–Crippen LogP) is -1.53. The molecule has 0 rings (SSSR count). The van der Waals surface area contributed by atoms with Crippen molar-refractivity contribution in [2.45, 2.75) is 30.6 Å². The Hall–Kier alpha value is -3.03. The summed E-state index contributed by atoms with van der Waals surface area (Å²) in [7, 11) is 1.07. The Balaban J connectivity index is 4.93. The first kappa shape index (κ1) is 26.0. The van der Waals surface area contributed by atoms with Gasteiger partial charge in [0.1, 0.15) is 17.8 Å². The van der Waals surface area contributed by atoms with Gasteiger partial charge in [-0.05, 0) is 6.42 Å². The minimum Gasteiger partial charge on any atom is -0.481 e. The molecular weight excluding hydrogens is 414 g/mol. The van der Waals surface area contributed by atoms with E-state index in [-0.39, 0.29) is 25.1 Å². The molecule has 0 spiro atoms. The van der Waals surface area contributed by atoms with Crippen molar-refractivity contribution in [3.8, 4) is 0 Å². The van der Waals surface area contributed by atoms with Crippen molar-refractivity contribution in [1.82, 2.24) is 16.0 Å². The number of aliphatic carboxylic acids is 3. The molecule has 0 fully saturated rings. The van der Waals surface area contributed by atoms with E-state index in [9.17, 15) is 28.8 Å². The molecule has 0 aromatic carbocycles. The van der Waals surface area contributed by atoms with Gasteiger partial charge in [0.05, 0.1) is 13.5 Å². The standard InChI is InChI=1S/C15H23N3O10S/c1-28-14(26)9(5-11(21)22)29-7-8(13(25)17-6-12(23)24)18-15(27)16-4-2-3-10(19)20/h8-9H,2-7H2,1H3,(H,17,25)(H,19,20)(H,21,22)(H,23,24)(H2,16,18,27)/t8-,9+/m0/s1. The second-order valence-electron chi connectivity index (χ2n) is 5.50. The first-order valence-corrected chi connectivity index (χ1v) is 9.28. The van der Waals surface area contributed by atoms with Gasteiger partial charge in [-0.15, -0.1) is 11.8 Å². The fourth-order valence-electron chi connectivity index (χ4n) is 1.83. The Bertz CT molecular complexity index is 627. The van der Waals surface area contributed by atoms with Crippen LogP contribution >= 0.6 is 11.8 Å². The molecule has 164 valence electrons. The molecule has 0 aliphatic rings. The third-order valence-electron chi connectivity index (χ3n) is 3.18. The molecule has 0 aliphatic carbocycles. The average molecular weight is 437 g/mol. The molecule has 0 unspecified atom stereocenters. The molecule has 6 N–H and O–H groups in total. The van der Waals surface area contributed by atoms with E-state index in [1.54, 1.807) is 0 Å². The number of nitrogens with one attached hydrogen (secondary N) is 3. The molecule has 0 saturated heterocycles. The van der Waals surface area contributed by atoms with Crippen LogP contribution in [0.15, 0.2) is 0 Å². The summed E-state index contributed by atoms with van der Waals surface area (Å²) in [6.07, 6.45) is -0.604. The minimum atomic E-state index is -1.32. The zero-order valence-electron chi connectivity index (χ0n) is 15.5. The lowest BCUT2D eigenvalue weighted by Gasteiger charge is -2.20. The second-order valence-corrected chi connectivity index (χ2v) is 6.74. The quantitative estimate of drug-likeness (QED) is 0.136. The summed E-state index contributed by atoms with van der Waals surface area (Å²) >= 11 is 0.744.